The van der Waals surface area contributed by atoms with Crippen molar-refractivity contribution in [3.8, 4) is 5.75 Å². The maximum absolute atomic E-state index is 12.4. The summed E-state index contributed by atoms with van der Waals surface area (Å²) in [5.41, 5.74) is 0.919. The normalized spacial score (nSPS) is 10.7. The number of nitrogens with zero attached hydrogens (tertiary/aromatic N) is 2. The van der Waals surface area contributed by atoms with Crippen molar-refractivity contribution in [2.45, 2.75) is 6.54 Å². The minimum Gasteiger partial charge on any atom is -0.496 e. The van der Waals surface area contributed by atoms with Crippen molar-refractivity contribution >= 4 is 27.3 Å². The molecule has 3 aromatic rings. The first kappa shape index (κ1) is 13.5. The molecule has 0 spiro atoms. The van der Waals surface area contributed by atoms with Gasteiger partial charge in [-0.05, 0) is 23.6 Å². The van der Waals surface area contributed by atoms with Gasteiger partial charge in [-0.1, -0.05) is 12.1 Å². The van der Waals surface area contributed by atoms with Gasteiger partial charge in [0.25, 0.3) is 5.56 Å². The quantitative estimate of drug-likeness (QED) is 0.694. The number of carbonyl (C=O) groups excluding carboxylic acids is 1. The SMILES string of the molecule is COc1ccccc1C(=O)Cn1cnc2ccsc2c1=O. The first-order valence-electron chi connectivity index (χ1n) is 6.29. The van der Waals surface area contributed by atoms with E-state index in [9.17, 15) is 9.59 Å². The molecule has 2 heterocycles. The van der Waals surface area contributed by atoms with Crippen molar-refractivity contribution in [3.63, 3.8) is 0 Å². The van der Waals surface area contributed by atoms with E-state index in [4.69, 9.17) is 4.74 Å². The lowest BCUT2D eigenvalue weighted by molar-refractivity contribution is 0.0967. The summed E-state index contributed by atoms with van der Waals surface area (Å²) in [7, 11) is 1.51. The van der Waals surface area contributed by atoms with Crippen LogP contribution >= 0.6 is 11.3 Å². The van der Waals surface area contributed by atoms with Gasteiger partial charge in [0.2, 0.25) is 0 Å². The molecule has 21 heavy (non-hydrogen) atoms. The highest BCUT2D eigenvalue weighted by Gasteiger charge is 2.14. The predicted molar refractivity (Wildman–Crippen MR) is 81.2 cm³/mol. The number of benzene rings is 1. The number of ether oxygens (including phenoxy) is 1. The van der Waals surface area contributed by atoms with Crippen LogP contribution in [0.15, 0.2) is 46.8 Å². The molecule has 0 saturated carbocycles. The van der Waals surface area contributed by atoms with Crippen LogP contribution in [-0.4, -0.2) is 22.4 Å². The van der Waals surface area contributed by atoms with Crippen molar-refractivity contribution in [2.24, 2.45) is 0 Å². The molecule has 0 unspecified atom stereocenters. The molecule has 0 radical (unpaired) electrons. The number of ketones is 1. The van der Waals surface area contributed by atoms with Crippen LogP contribution in [0.2, 0.25) is 0 Å². The summed E-state index contributed by atoms with van der Waals surface area (Å²) in [6.45, 7) is -0.0555. The third-order valence-corrected chi connectivity index (χ3v) is 4.05. The zero-order valence-electron chi connectivity index (χ0n) is 11.3. The van der Waals surface area contributed by atoms with E-state index < -0.39 is 0 Å². The monoisotopic (exact) mass is 300 g/mol. The fourth-order valence-electron chi connectivity index (χ4n) is 2.11. The van der Waals surface area contributed by atoms with E-state index >= 15 is 0 Å². The third kappa shape index (κ3) is 2.45. The van der Waals surface area contributed by atoms with Gasteiger partial charge in [-0.2, -0.15) is 0 Å². The molecule has 0 aliphatic carbocycles. The Hall–Kier alpha value is -2.47. The molecule has 6 heteroatoms. The molecule has 0 aliphatic heterocycles. The Bertz CT molecular complexity index is 866. The van der Waals surface area contributed by atoms with Crippen molar-refractivity contribution in [3.05, 3.63) is 58.0 Å². The zero-order chi connectivity index (χ0) is 14.8. The topological polar surface area (TPSA) is 61.2 Å². The molecule has 3 rings (SSSR count). The summed E-state index contributed by atoms with van der Waals surface area (Å²) in [6, 6.07) is 8.74. The maximum atomic E-state index is 12.4. The van der Waals surface area contributed by atoms with Crippen LogP contribution in [0.5, 0.6) is 5.75 Å². The molecular weight excluding hydrogens is 288 g/mol. The molecular formula is C15H12N2O3S. The van der Waals surface area contributed by atoms with E-state index in [1.807, 2.05) is 5.38 Å². The Kier molecular flexibility index (Phi) is 3.53. The molecule has 5 nitrogen and oxygen atoms in total. The highest BCUT2D eigenvalue weighted by Crippen LogP contribution is 2.18. The van der Waals surface area contributed by atoms with E-state index in [2.05, 4.69) is 4.98 Å². The van der Waals surface area contributed by atoms with E-state index in [1.165, 1.54) is 29.3 Å². The van der Waals surface area contributed by atoms with E-state index in [-0.39, 0.29) is 17.9 Å². The highest BCUT2D eigenvalue weighted by molar-refractivity contribution is 7.17. The van der Waals surface area contributed by atoms with Crippen LogP contribution in [0.25, 0.3) is 10.2 Å². The van der Waals surface area contributed by atoms with Crippen molar-refractivity contribution in [1.29, 1.82) is 0 Å². The Labute approximate surface area is 124 Å². The summed E-state index contributed by atoms with van der Waals surface area (Å²) in [5, 5.41) is 1.81. The largest absolute Gasteiger partial charge is 0.496 e. The van der Waals surface area contributed by atoms with Crippen molar-refractivity contribution < 1.29 is 9.53 Å². The summed E-state index contributed by atoms with van der Waals surface area (Å²) in [6.07, 6.45) is 1.41. The second-order valence-electron chi connectivity index (χ2n) is 4.44. The van der Waals surface area contributed by atoms with Gasteiger partial charge in [-0.3, -0.25) is 14.2 Å². The standard InChI is InChI=1S/C15H12N2O3S/c1-20-13-5-3-2-4-10(13)12(18)8-17-9-16-11-6-7-21-14(11)15(17)19/h2-7,9H,8H2,1H3. The summed E-state index contributed by atoms with van der Waals surface area (Å²) < 4.78 is 7.06. The number of hydrogen-bond acceptors (Lipinski definition) is 5. The van der Waals surface area contributed by atoms with Crippen LogP contribution in [-0.2, 0) is 6.54 Å². The number of aromatic nitrogens is 2. The minimum atomic E-state index is -0.196. The Morgan fingerprint density at radius 1 is 1.33 bits per heavy atom. The van der Waals surface area contributed by atoms with E-state index in [1.54, 1.807) is 30.3 Å². The molecule has 0 bridgehead atoms. The Balaban J connectivity index is 1.96. The van der Waals surface area contributed by atoms with E-state index in [0.717, 1.165) is 0 Å². The first-order valence-corrected chi connectivity index (χ1v) is 7.17. The lowest BCUT2D eigenvalue weighted by Crippen LogP contribution is -2.24. The molecule has 106 valence electrons. The van der Waals surface area contributed by atoms with E-state index in [0.29, 0.717) is 21.5 Å². The van der Waals surface area contributed by atoms with Crippen molar-refractivity contribution in [1.82, 2.24) is 9.55 Å². The molecule has 0 aliphatic rings. The molecule has 0 amide bonds. The average Bonchev–Trinajstić information content (AvgIpc) is 2.99. The third-order valence-electron chi connectivity index (χ3n) is 3.16. The average molecular weight is 300 g/mol. The van der Waals surface area contributed by atoms with Crippen LogP contribution in [0, 0.1) is 0 Å². The smallest absolute Gasteiger partial charge is 0.271 e. The van der Waals surface area contributed by atoms with Crippen LogP contribution < -0.4 is 10.3 Å². The lowest BCUT2D eigenvalue weighted by atomic mass is 10.1. The van der Waals surface area contributed by atoms with Crippen LogP contribution in [0.3, 0.4) is 0 Å². The number of para-hydroxylation sites is 1. The number of rotatable bonds is 4. The number of fused-ring (bicyclic) bond motifs is 1. The number of carbonyl (C=O) groups is 1. The second kappa shape index (κ2) is 5.49. The van der Waals surface area contributed by atoms with Gasteiger partial charge in [-0.25, -0.2) is 4.98 Å². The first-order chi connectivity index (χ1) is 10.2. The lowest BCUT2D eigenvalue weighted by Gasteiger charge is -2.08. The fourth-order valence-corrected chi connectivity index (χ4v) is 2.90. The molecule has 2 aromatic heterocycles. The number of hydrogen-bond donors (Lipinski definition) is 0. The van der Waals surface area contributed by atoms with Gasteiger partial charge < -0.3 is 4.74 Å². The Morgan fingerprint density at radius 3 is 2.95 bits per heavy atom. The van der Waals surface area contributed by atoms with Crippen LogP contribution in [0.4, 0.5) is 0 Å². The number of thiophene rings is 1. The Morgan fingerprint density at radius 2 is 2.14 bits per heavy atom. The van der Waals surface area contributed by atoms with Crippen molar-refractivity contribution in [2.75, 3.05) is 7.11 Å². The summed E-state index contributed by atoms with van der Waals surface area (Å²) in [4.78, 5) is 28.8. The number of methoxy groups -OCH3 is 1. The molecule has 1 aromatic carbocycles. The van der Waals surface area contributed by atoms with Crippen LogP contribution in [0.1, 0.15) is 10.4 Å². The molecule has 0 N–H and O–H groups in total. The fraction of sp³-hybridized carbons (Fsp3) is 0.133. The van der Waals surface area contributed by atoms with Gasteiger partial charge in [0.05, 0.1) is 31.1 Å². The predicted octanol–water partition coefficient (Wildman–Crippen LogP) is 2.35. The molecule has 0 saturated heterocycles. The van der Waals surface area contributed by atoms with Gasteiger partial charge in [-0.15, -0.1) is 11.3 Å². The van der Waals surface area contributed by atoms with Gasteiger partial charge in [0.15, 0.2) is 5.78 Å². The van der Waals surface area contributed by atoms with Gasteiger partial charge in [0, 0.05) is 0 Å². The molecule has 0 fully saturated rings. The number of Topliss-reactive ketones (excluding diaryl/α,β-unsaturated/α-hetero) is 1. The zero-order valence-corrected chi connectivity index (χ0v) is 12.1. The maximum Gasteiger partial charge on any atom is 0.271 e. The summed E-state index contributed by atoms with van der Waals surface area (Å²) >= 11 is 1.33. The second-order valence-corrected chi connectivity index (χ2v) is 5.35. The summed E-state index contributed by atoms with van der Waals surface area (Å²) in [5.74, 6) is 0.313. The van der Waals surface area contributed by atoms with Gasteiger partial charge >= 0.3 is 0 Å². The molecule has 0 atom stereocenters. The van der Waals surface area contributed by atoms with Gasteiger partial charge in [0.1, 0.15) is 10.4 Å². The highest BCUT2D eigenvalue weighted by atomic mass is 32.1. The minimum absolute atomic E-state index is 0.0555.